The van der Waals surface area contributed by atoms with Gasteiger partial charge in [-0.2, -0.15) is 5.26 Å². The van der Waals surface area contributed by atoms with E-state index in [1.165, 1.54) is 18.2 Å². The number of halogens is 1. The number of para-hydroxylation sites is 1. The molecule has 0 radical (unpaired) electrons. The third-order valence-corrected chi connectivity index (χ3v) is 6.99. The lowest BCUT2D eigenvalue weighted by molar-refractivity contribution is -0.384. The molecule has 1 amide bonds. The van der Waals surface area contributed by atoms with E-state index in [1.54, 1.807) is 30.3 Å². The van der Waals surface area contributed by atoms with Crippen LogP contribution >= 0.6 is 0 Å². The van der Waals surface area contributed by atoms with Crippen molar-refractivity contribution in [3.05, 3.63) is 99.4 Å². The number of non-ortho nitro benzene ring substituents is 1. The van der Waals surface area contributed by atoms with Crippen molar-refractivity contribution in [3.8, 4) is 6.07 Å². The average Bonchev–Trinajstić information content (AvgIpc) is 2.91. The fourth-order valence-corrected chi connectivity index (χ4v) is 5.21. The van der Waals surface area contributed by atoms with E-state index in [-0.39, 0.29) is 30.0 Å². The van der Waals surface area contributed by atoms with E-state index in [1.807, 2.05) is 18.2 Å². The Morgan fingerprint density at radius 1 is 1.11 bits per heavy atom. The van der Waals surface area contributed by atoms with E-state index in [4.69, 9.17) is 0 Å². The van der Waals surface area contributed by atoms with Crippen LogP contribution in [0.25, 0.3) is 0 Å². The molecule has 9 heteroatoms. The minimum Gasteiger partial charge on any atom is -0.367 e. The summed E-state index contributed by atoms with van der Waals surface area (Å²) in [5.41, 5.74) is 3.87. The van der Waals surface area contributed by atoms with Gasteiger partial charge in [0.25, 0.3) is 5.69 Å². The molecule has 8 nitrogen and oxygen atoms in total. The summed E-state index contributed by atoms with van der Waals surface area (Å²) in [6.45, 7) is 2.04. The number of nitriles is 1. The fraction of sp³-hybridized carbons (Fsp3) is 0.259. The van der Waals surface area contributed by atoms with Crippen molar-refractivity contribution >= 4 is 23.0 Å². The number of anilines is 2. The second-order valence-electron chi connectivity index (χ2n) is 9.06. The van der Waals surface area contributed by atoms with Crippen molar-refractivity contribution in [2.24, 2.45) is 5.92 Å². The third kappa shape index (κ3) is 4.45. The van der Waals surface area contributed by atoms with Crippen molar-refractivity contribution < 1.29 is 14.1 Å². The van der Waals surface area contributed by atoms with Crippen LogP contribution in [-0.2, 0) is 17.8 Å². The number of rotatable bonds is 5. The highest BCUT2D eigenvalue weighted by Crippen LogP contribution is 2.39. The minimum atomic E-state index is -0.461. The van der Waals surface area contributed by atoms with Crippen LogP contribution in [0.3, 0.4) is 0 Å². The number of carbonyl (C=O) groups is 1. The first kappa shape index (κ1) is 23.3. The second-order valence-corrected chi connectivity index (χ2v) is 9.06. The lowest BCUT2D eigenvalue weighted by Crippen LogP contribution is -2.61. The maximum atomic E-state index is 13.5. The Labute approximate surface area is 207 Å². The maximum Gasteiger partial charge on any atom is 0.269 e. The molecule has 0 aliphatic carbocycles. The molecule has 2 heterocycles. The zero-order chi connectivity index (χ0) is 25.2. The molecule has 0 spiro atoms. The zero-order valence-corrected chi connectivity index (χ0v) is 19.4. The van der Waals surface area contributed by atoms with Crippen molar-refractivity contribution in [1.82, 2.24) is 5.32 Å². The van der Waals surface area contributed by atoms with E-state index in [0.29, 0.717) is 31.6 Å². The van der Waals surface area contributed by atoms with Gasteiger partial charge in [-0.25, -0.2) is 4.39 Å². The Morgan fingerprint density at radius 3 is 2.64 bits per heavy atom. The number of fused-ring (bicyclic) bond motifs is 3. The van der Waals surface area contributed by atoms with Gasteiger partial charge in [-0.3, -0.25) is 14.9 Å². The normalized spacial score (nSPS) is 18.6. The van der Waals surface area contributed by atoms with Gasteiger partial charge in [0.1, 0.15) is 11.9 Å². The second kappa shape index (κ2) is 9.66. The number of nitrogens with zero attached hydrogens (tertiary/aromatic N) is 4. The van der Waals surface area contributed by atoms with Crippen LogP contribution in [0.15, 0.2) is 66.7 Å². The Bertz CT molecular complexity index is 1350. The van der Waals surface area contributed by atoms with Crippen LogP contribution < -0.4 is 15.1 Å². The van der Waals surface area contributed by atoms with Crippen molar-refractivity contribution in [2.45, 2.75) is 19.0 Å². The molecule has 36 heavy (non-hydrogen) atoms. The van der Waals surface area contributed by atoms with Crippen LogP contribution in [0.2, 0.25) is 0 Å². The van der Waals surface area contributed by atoms with Gasteiger partial charge in [-0.15, -0.1) is 0 Å². The summed E-state index contributed by atoms with van der Waals surface area (Å²) in [5.74, 6) is -0.968. The highest BCUT2D eigenvalue weighted by atomic mass is 19.1. The molecular weight excluding hydrogens is 461 g/mol. The topological polar surface area (TPSA) is 103 Å². The molecule has 2 unspecified atom stereocenters. The molecule has 2 aliphatic rings. The molecule has 3 aromatic rings. The molecule has 5 rings (SSSR count). The largest absolute Gasteiger partial charge is 0.367 e. The number of nitro benzene ring substituents is 1. The number of carbonyl (C=O) groups excluding carboxylic acids is 1. The van der Waals surface area contributed by atoms with E-state index in [0.717, 1.165) is 22.5 Å². The molecule has 3 aromatic carbocycles. The van der Waals surface area contributed by atoms with Crippen LogP contribution in [-0.4, -0.2) is 36.5 Å². The average molecular weight is 486 g/mol. The first-order valence-corrected chi connectivity index (χ1v) is 11.7. The van der Waals surface area contributed by atoms with Gasteiger partial charge in [0, 0.05) is 44.0 Å². The molecule has 2 aliphatic heterocycles. The fourth-order valence-electron chi connectivity index (χ4n) is 5.21. The quantitative estimate of drug-likeness (QED) is 0.436. The summed E-state index contributed by atoms with van der Waals surface area (Å²) < 4.78 is 13.3. The van der Waals surface area contributed by atoms with Crippen LogP contribution in [0.1, 0.15) is 16.7 Å². The zero-order valence-electron chi connectivity index (χ0n) is 19.4. The Morgan fingerprint density at radius 2 is 1.89 bits per heavy atom. The van der Waals surface area contributed by atoms with Gasteiger partial charge in [-0.1, -0.05) is 24.3 Å². The standard InChI is InChI=1S/C27H24FN5O3/c28-21-7-5-18(6-8-21)16-30-27(34)23-14-20-13-22(33(35)36)9-10-25(20)32-12-11-31(17-26(23)32)24-4-2-1-3-19(24)15-29/h1-10,13,23,26H,11-12,14,16-17H2,(H,30,34). The van der Waals surface area contributed by atoms with Gasteiger partial charge in [0.15, 0.2) is 0 Å². The number of piperazine rings is 1. The van der Waals surface area contributed by atoms with Crippen molar-refractivity contribution in [1.29, 1.82) is 5.26 Å². The summed E-state index contributed by atoms with van der Waals surface area (Å²) >= 11 is 0. The smallest absolute Gasteiger partial charge is 0.269 e. The number of nitrogens with one attached hydrogen (secondary N) is 1. The predicted molar refractivity (Wildman–Crippen MR) is 133 cm³/mol. The number of nitro groups is 1. The highest BCUT2D eigenvalue weighted by Gasteiger charge is 2.42. The number of amides is 1. The van der Waals surface area contributed by atoms with Gasteiger partial charge in [0.2, 0.25) is 5.91 Å². The molecule has 0 saturated carbocycles. The van der Waals surface area contributed by atoms with E-state index < -0.39 is 10.8 Å². The first-order valence-electron chi connectivity index (χ1n) is 11.7. The summed E-state index contributed by atoms with van der Waals surface area (Å²) in [7, 11) is 0. The van der Waals surface area contributed by atoms with Crippen LogP contribution in [0.4, 0.5) is 21.5 Å². The lowest BCUT2D eigenvalue weighted by Gasteiger charge is -2.49. The van der Waals surface area contributed by atoms with Crippen molar-refractivity contribution in [3.63, 3.8) is 0 Å². The van der Waals surface area contributed by atoms with E-state index >= 15 is 0 Å². The maximum absolute atomic E-state index is 13.5. The Kier molecular flexibility index (Phi) is 6.25. The van der Waals surface area contributed by atoms with Gasteiger partial charge in [-0.05, 0) is 47.9 Å². The summed E-state index contributed by atoms with van der Waals surface area (Å²) in [4.78, 5) is 28.7. The third-order valence-electron chi connectivity index (χ3n) is 6.99. The van der Waals surface area contributed by atoms with Crippen LogP contribution in [0.5, 0.6) is 0 Å². The molecular formula is C27H24FN5O3. The molecule has 1 saturated heterocycles. The molecule has 1 N–H and O–H groups in total. The first-order chi connectivity index (χ1) is 17.4. The molecule has 182 valence electrons. The summed E-state index contributed by atoms with van der Waals surface area (Å²) in [6.07, 6.45) is 0.362. The van der Waals surface area contributed by atoms with E-state index in [2.05, 4.69) is 21.2 Å². The van der Waals surface area contributed by atoms with Gasteiger partial charge >= 0.3 is 0 Å². The minimum absolute atomic E-state index is 0.000691. The van der Waals surface area contributed by atoms with Crippen LogP contribution in [0, 0.1) is 33.2 Å². The van der Waals surface area contributed by atoms with Gasteiger partial charge < -0.3 is 15.1 Å². The van der Waals surface area contributed by atoms with Crippen molar-refractivity contribution in [2.75, 3.05) is 29.4 Å². The number of benzene rings is 3. The Hall–Kier alpha value is -4.45. The summed E-state index contributed by atoms with van der Waals surface area (Å²) in [6, 6.07) is 20.3. The van der Waals surface area contributed by atoms with Gasteiger partial charge in [0.05, 0.1) is 28.1 Å². The molecule has 1 fully saturated rings. The predicted octanol–water partition coefficient (Wildman–Crippen LogP) is 3.79. The number of hydrogen-bond acceptors (Lipinski definition) is 6. The SMILES string of the molecule is N#Cc1ccccc1N1CCN2c3ccc([N+](=O)[O-])cc3CC(C(=O)NCc3ccc(F)cc3)C2C1. The molecule has 0 bridgehead atoms. The molecule has 0 aromatic heterocycles. The highest BCUT2D eigenvalue weighted by molar-refractivity contribution is 5.82. The monoisotopic (exact) mass is 485 g/mol. The van der Waals surface area contributed by atoms with E-state index in [9.17, 15) is 24.6 Å². The number of hydrogen-bond donors (Lipinski definition) is 1. The lowest BCUT2D eigenvalue weighted by atomic mass is 9.83. The molecule has 2 atom stereocenters. The summed E-state index contributed by atoms with van der Waals surface area (Å²) in [5, 5.41) is 23.9. The Balaban J connectivity index is 1.45.